The first-order valence-electron chi connectivity index (χ1n) is 15.1. The van der Waals surface area contributed by atoms with Crippen LogP contribution in [0.3, 0.4) is 0 Å². The van der Waals surface area contributed by atoms with Crippen LogP contribution < -0.4 is 0 Å². The monoisotopic (exact) mass is 511 g/mol. The van der Waals surface area contributed by atoms with Gasteiger partial charge in [-0.1, -0.05) is 93.9 Å². The van der Waals surface area contributed by atoms with Gasteiger partial charge in [0.1, 0.15) is 17.0 Å². The lowest BCUT2D eigenvalue weighted by Gasteiger charge is -2.22. The number of fused-ring (bicyclic) bond motifs is 5. The number of hydrogen-bond acceptors (Lipinski definition) is 2. The van der Waals surface area contributed by atoms with Crippen LogP contribution in [0.4, 0.5) is 0 Å². The summed E-state index contributed by atoms with van der Waals surface area (Å²) < 4.78 is 32.5. The Morgan fingerprint density at radius 2 is 1.51 bits per heavy atom. The maximum atomic E-state index is 7.84. The van der Waals surface area contributed by atoms with E-state index in [9.17, 15) is 0 Å². The highest BCUT2D eigenvalue weighted by Crippen LogP contribution is 2.41. The predicted octanol–water partition coefficient (Wildman–Crippen LogP) is 10.3. The molecule has 0 atom stereocenters. The topological polar surface area (TPSA) is 31.0 Å². The Morgan fingerprint density at radius 1 is 0.744 bits per heavy atom. The van der Waals surface area contributed by atoms with E-state index in [2.05, 4.69) is 92.9 Å². The van der Waals surface area contributed by atoms with Gasteiger partial charge in [0.2, 0.25) is 0 Å². The van der Waals surface area contributed by atoms with Crippen molar-refractivity contribution in [2.24, 2.45) is 0 Å². The third-order valence-electron chi connectivity index (χ3n) is 7.82. The molecule has 3 heteroatoms. The van der Waals surface area contributed by atoms with Gasteiger partial charge in [-0.05, 0) is 70.9 Å². The van der Waals surface area contributed by atoms with Gasteiger partial charge in [-0.25, -0.2) is 4.98 Å². The lowest BCUT2D eigenvalue weighted by atomic mass is 9.92. The molecule has 0 bridgehead atoms. The first-order valence-corrected chi connectivity index (χ1v) is 13.6. The largest absolute Gasteiger partial charge is 0.455 e. The Kier molecular flexibility index (Phi) is 4.67. The maximum absolute atomic E-state index is 7.84. The van der Waals surface area contributed by atoms with Gasteiger partial charge in [0.05, 0.1) is 22.3 Å². The van der Waals surface area contributed by atoms with Gasteiger partial charge in [0.25, 0.3) is 0 Å². The first kappa shape index (κ1) is 20.6. The summed E-state index contributed by atoms with van der Waals surface area (Å²) in [6.45, 7) is 6.80. The van der Waals surface area contributed by atoms with Crippen molar-refractivity contribution in [1.29, 1.82) is 0 Å². The zero-order chi connectivity index (χ0) is 29.3. The summed E-state index contributed by atoms with van der Waals surface area (Å²) in [4.78, 5) is 5.21. The van der Waals surface area contributed by atoms with Gasteiger partial charge >= 0.3 is 0 Å². The van der Waals surface area contributed by atoms with Crippen LogP contribution >= 0.6 is 0 Å². The van der Waals surface area contributed by atoms with Crippen LogP contribution in [-0.4, -0.2) is 9.55 Å². The van der Waals surface area contributed by atoms with E-state index in [0.717, 1.165) is 55.1 Å². The predicted molar refractivity (Wildman–Crippen MR) is 164 cm³/mol. The lowest BCUT2D eigenvalue weighted by Crippen LogP contribution is -2.08. The van der Waals surface area contributed by atoms with Crippen LogP contribution in [0.2, 0.25) is 0 Å². The van der Waals surface area contributed by atoms with E-state index < -0.39 is 6.85 Å². The summed E-state index contributed by atoms with van der Waals surface area (Å²) in [6.07, 6.45) is 0. The summed E-state index contributed by atoms with van der Waals surface area (Å²) in [5.74, 6) is 1.48. The molecule has 0 saturated heterocycles. The van der Waals surface area contributed by atoms with Gasteiger partial charge in [-0.15, -0.1) is 0 Å². The van der Waals surface area contributed by atoms with Crippen LogP contribution in [0.5, 0.6) is 0 Å². The zero-order valence-electron chi connectivity index (χ0n) is 25.6. The fraction of sp³-hybridized carbons (Fsp3) is 0.194. The summed E-state index contributed by atoms with van der Waals surface area (Å²) in [5.41, 5.74) is 8.45. The average Bonchev–Trinajstić information content (AvgIpc) is 3.52. The number of furan rings is 1. The van der Waals surface area contributed by atoms with Crippen molar-refractivity contribution in [2.45, 2.75) is 46.4 Å². The molecule has 0 radical (unpaired) electrons. The zero-order valence-corrected chi connectivity index (χ0v) is 22.6. The number of para-hydroxylation sites is 4. The lowest BCUT2D eigenvalue weighted by molar-refractivity contribution is 0.670. The molecular formula is C36H32N2O. The third kappa shape index (κ3) is 3.68. The molecule has 2 heterocycles. The summed E-state index contributed by atoms with van der Waals surface area (Å²) >= 11 is 0. The van der Waals surface area contributed by atoms with Gasteiger partial charge in [0, 0.05) is 14.9 Å². The van der Waals surface area contributed by atoms with E-state index in [-0.39, 0.29) is 0 Å². The highest BCUT2D eigenvalue weighted by Gasteiger charge is 2.24. The second kappa shape index (κ2) is 8.84. The molecule has 0 aliphatic rings. The van der Waals surface area contributed by atoms with E-state index in [1.54, 1.807) is 12.1 Å². The molecule has 2 aromatic heterocycles. The number of imidazole rings is 1. The Bertz CT molecular complexity index is 2120. The van der Waals surface area contributed by atoms with Gasteiger partial charge in [-0.2, -0.15) is 0 Å². The van der Waals surface area contributed by atoms with E-state index >= 15 is 0 Å². The van der Waals surface area contributed by atoms with Gasteiger partial charge in [0.15, 0.2) is 0 Å². The first-order chi connectivity index (χ1) is 20.1. The van der Waals surface area contributed by atoms with E-state index in [1.807, 2.05) is 18.2 Å². The molecule has 0 amide bonds. The fourth-order valence-electron chi connectivity index (χ4n) is 5.92. The Labute approximate surface area is 232 Å². The number of hydrogen-bond donors (Lipinski definition) is 0. The number of aromatic nitrogens is 2. The molecular weight excluding hydrogens is 476 g/mol. The third-order valence-corrected chi connectivity index (χ3v) is 7.82. The van der Waals surface area contributed by atoms with Gasteiger partial charge < -0.3 is 4.42 Å². The molecule has 39 heavy (non-hydrogen) atoms. The number of nitrogens with zero attached hydrogens (tertiary/aromatic N) is 2. The Morgan fingerprint density at radius 3 is 2.28 bits per heavy atom. The molecule has 5 aromatic carbocycles. The van der Waals surface area contributed by atoms with Gasteiger partial charge in [-0.3, -0.25) is 4.57 Å². The normalized spacial score (nSPS) is 13.6. The molecule has 7 aromatic rings. The van der Waals surface area contributed by atoms with Crippen molar-refractivity contribution < 1.29 is 8.53 Å². The van der Waals surface area contributed by atoms with Crippen LogP contribution in [0.1, 0.15) is 60.3 Å². The molecule has 0 aliphatic heterocycles. The molecule has 3 nitrogen and oxygen atoms in total. The second-order valence-electron chi connectivity index (χ2n) is 11.0. The second-order valence-corrected chi connectivity index (χ2v) is 11.0. The van der Waals surface area contributed by atoms with Crippen LogP contribution in [-0.2, 0) is 0 Å². The molecule has 7 rings (SSSR count). The van der Waals surface area contributed by atoms with Crippen LogP contribution in [0, 0.1) is 6.85 Å². The molecule has 0 unspecified atom stereocenters. The van der Waals surface area contributed by atoms with Crippen molar-refractivity contribution in [3.63, 3.8) is 0 Å². The molecule has 0 spiro atoms. The standard InChI is InChI=1S/C36H32N2O/c1-21(2)26-10-8-11-27(22(3)4)34(26)38-32-15-7-6-14-31(32)37-36(38)29-13-9-12-28-30-19-24-17-16-23(5)18-25(24)20-33(30)39-35(28)29/h6-22H,1-5H3/i5D3. The highest BCUT2D eigenvalue weighted by atomic mass is 16.3. The number of aryl methyl sites for hydroxylation is 1. The van der Waals surface area contributed by atoms with Crippen molar-refractivity contribution >= 4 is 43.7 Å². The van der Waals surface area contributed by atoms with E-state index in [4.69, 9.17) is 13.5 Å². The Balaban J connectivity index is 1.55. The molecule has 0 N–H and O–H groups in total. The minimum atomic E-state index is -2.16. The molecule has 0 fully saturated rings. The van der Waals surface area contributed by atoms with Crippen molar-refractivity contribution in [1.82, 2.24) is 9.55 Å². The summed E-state index contributed by atoms with van der Waals surface area (Å²) in [7, 11) is 0. The van der Waals surface area contributed by atoms with E-state index in [0.29, 0.717) is 17.4 Å². The van der Waals surface area contributed by atoms with Crippen molar-refractivity contribution in [2.75, 3.05) is 0 Å². The summed E-state index contributed by atoms with van der Waals surface area (Å²) in [5, 5.41) is 3.82. The molecule has 0 aliphatic carbocycles. The van der Waals surface area contributed by atoms with Crippen LogP contribution in [0.15, 0.2) is 95.4 Å². The van der Waals surface area contributed by atoms with E-state index in [1.165, 1.54) is 16.8 Å². The maximum Gasteiger partial charge on any atom is 0.149 e. The quantitative estimate of drug-likeness (QED) is 0.235. The summed E-state index contributed by atoms with van der Waals surface area (Å²) in [6, 6.07) is 30.5. The Hall–Kier alpha value is -4.37. The smallest absolute Gasteiger partial charge is 0.149 e. The molecule has 192 valence electrons. The highest BCUT2D eigenvalue weighted by molar-refractivity contribution is 6.13. The SMILES string of the molecule is [2H]C([2H])([2H])c1ccc2cc3c(cc2c1)oc1c(-c2nc4ccccc4n2-c2c(C(C)C)cccc2C(C)C)cccc13. The van der Waals surface area contributed by atoms with Crippen LogP contribution in [0.25, 0.3) is 60.8 Å². The fourth-order valence-corrected chi connectivity index (χ4v) is 5.92. The average molecular weight is 512 g/mol. The number of benzene rings is 5. The minimum absolute atomic E-state index is 0.321. The minimum Gasteiger partial charge on any atom is -0.455 e. The number of rotatable bonds is 4. The molecule has 0 saturated carbocycles. The van der Waals surface area contributed by atoms with Crippen molar-refractivity contribution in [3.05, 3.63) is 108 Å². The van der Waals surface area contributed by atoms with Crippen molar-refractivity contribution in [3.8, 4) is 17.1 Å².